The summed E-state index contributed by atoms with van der Waals surface area (Å²) in [6.45, 7) is 2.25. The molecule has 2 N–H and O–H groups in total. The lowest BCUT2D eigenvalue weighted by Crippen LogP contribution is -2.40. The van der Waals surface area contributed by atoms with Crippen molar-refractivity contribution in [3.05, 3.63) is 76.2 Å². The van der Waals surface area contributed by atoms with Crippen molar-refractivity contribution in [1.29, 1.82) is 0 Å². The molecule has 2 aliphatic rings. The molecule has 5 rings (SSSR count). The van der Waals surface area contributed by atoms with Crippen LogP contribution >= 0.6 is 23.2 Å². The Balaban J connectivity index is 1.43. The maximum atomic E-state index is 13.7. The van der Waals surface area contributed by atoms with Crippen LogP contribution in [0.1, 0.15) is 35.2 Å². The van der Waals surface area contributed by atoms with Crippen molar-refractivity contribution in [2.24, 2.45) is 11.0 Å². The number of nitrogens with zero attached hydrogens (tertiary/aromatic N) is 4. The van der Waals surface area contributed by atoms with Crippen LogP contribution in [-0.2, 0) is 19.1 Å². The number of anilines is 2. The average molecular weight is 603 g/mol. The normalized spacial score (nSPS) is 16.8. The highest BCUT2D eigenvalue weighted by Crippen LogP contribution is 2.33. The minimum absolute atomic E-state index is 0.122. The lowest BCUT2D eigenvalue weighted by molar-refractivity contribution is -0.117. The average Bonchev–Trinajstić information content (AvgIpc) is 3.67. The molecule has 0 bridgehead atoms. The van der Waals surface area contributed by atoms with Gasteiger partial charge in [0, 0.05) is 30.2 Å². The van der Waals surface area contributed by atoms with E-state index in [0.717, 1.165) is 19.0 Å². The van der Waals surface area contributed by atoms with Gasteiger partial charge in [0.1, 0.15) is 10.9 Å². The third-order valence-electron chi connectivity index (χ3n) is 6.31. The van der Waals surface area contributed by atoms with E-state index in [1.54, 1.807) is 25.1 Å². The maximum absolute atomic E-state index is 13.7. The topological polar surface area (TPSA) is 143 Å². The largest absolute Gasteiger partial charge is 0.361 e. The molecule has 0 saturated heterocycles. The molecule has 1 aliphatic carbocycles. The number of carbonyl (C=O) groups excluding carboxylic acids is 2. The van der Waals surface area contributed by atoms with Gasteiger partial charge in [-0.2, -0.15) is 8.42 Å². The molecule has 208 valence electrons. The van der Waals surface area contributed by atoms with Crippen molar-refractivity contribution < 1.29 is 22.2 Å². The predicted octanol–water partition coefficient (Wildman–Crippen LogP) is 4.17. The lowest BCUT2D eigenvalue weighted by Gasteiger charge is -2.23. The number of hydrazone groups is 1. The Bertz CT molecular complexity index is 1600. The van der Waals surface area contributed by atoms with Gasteiger partial charge in [0.2, 0.25) is 11.8 Å². The Morgan fingerprint density at radius 3 is 2.62 bits per heavy atom. The second kappa shape index (κ2) is 11.4. The molecule has 11 nitrogen and oxygen atoms in total. The second-order valence-corrected chi connectivity index (χ2v) is 11.8. The number of nitrogens with one attached hydrogen (secondary N) is 2. The summed E-state index contributed by atoms with van der Waals surface area (Å²) >= 11 is 12.6. The molecule has 1 saturated carbocycles. The first-order valence-corrected chi connectivity index (χ1v) is 14.5. The minimum atomic E-state index is -4.28. The monoisotopic (exact) mass is 602 g/mol. The predicted molar refractivity (Wildman–Crippen MR) is 150 cm³/mol. The number of hydrogen-bond donors (Lipinski definition) is 2. The SMILES string of the molecule is Cc1cc(Cl)cc(C(=O)NCC2CC2)c1NC(=O)C1CC(OS(=O)(=O)c2cccnc2)=NN1c1ncccc1Cl. The summed E-state index contributed by atoms with van der Waals surface area (Å²) in [7, 11) is -4.28. The van der Waals surface area contributed by atoms with E-state index in [2.05, 4.69) is 25.7 Å². The van der Waals surface area contributed by atoms with Crippen molar-refractivity contribution in [1.82, 2.24) is 15.3 Å². The van der Waals surface area contributed by atoms with Crippen LogP contribution in [0.2, 0.25) is 10.0 Å². The van der Waals surface area contributed by atoms with Gasteiger partial charge in [0.05, 0.1) is 22.7 Å². The maximum Gasteiger partial charge on any atom is 0.341 e. The van der Waals surface area contributed by atoms with Gasteiger partial charge in [0.25, 0.3) is 5.91 Å². The van der Waals surface area contributed by atoms with Gasteiger partial charge in [0.15, 0.2) is 5.82 Å². The molecule has 3 aromatic rings. The highest BCUT2D eigenvalue weighted by molar-refractivity contribution is 7.87. The van der Waals surface area contributed by atoms with Gasteiger partial charge >= 0.3 is 10.1 Å². The van der Waals surface area contributed by atoms with Crippen molar-refractivity contribution in [2.45, 2.75) is 37.1 Å². The Kier molecular flexibility index (Phi) is 7.92. The lowest BCUT2D eigenvalue weighted by atomic mass is 10.1. The number of carbonyl (C=O) groups is 2. The Morgan fingerprint density at radius 1 is 1.15 bits per heavy atom. The van der Waals surface area contributed by atoms with Gasteiger partial charge in [-0.25, -0.2) is 9.99 Å². The van der Waals surface area contributed by atoms with Gasteiger partial charge < -0.3 is 14.8 Å². The summed E-state index contributed by atoms with van der Waals surface area (Å²) in [6.07, 6.45) is 5.93. The molecule has 1 unspecified atom stereocenters. The number of pyridine rings is 2. The Morgan fingerprint density at radius 2 is 1.93 bits per heavy atom. The van der Waals surface area contributed by atoms with E-state index < -0.39 is 22.1 Å². The van der Waals surface area contributed by atoms with Crippen molar-refractivity contribution in [3.63, 3.8) is 0 Å². The van der Waals surface area contributed by atoms with Crippen molar-refractivity contribution >= 4 is 62.5 Å². The first-order valence-electron chi connectivity index (χ1n) is 12.3. The van der Waals surface area contributed by atoms with Gasteiger partial charge in [-0.3, -0.25) is 14.6 Å². The fourth-order valence-corrected chi connectivity index (χ4v) is 5.46. The molecular formula is C26H24Cl2N6O5S. The van der Waals surface area contributed by atoms with Crippen LogP contribution in [0.5, 0.6) is 0 Å². The summed E-state index contributed by atoms with van der Waals surface area (Å²) in [5.41, 5.74) is 1.04. The number of rotatable bonds is 8. The molecule has 0 spiro atoms. The molecular weight excluding hydrogens is 579 g/mol. The van der Waals surface area contributed by atoms with Crippen LogP contribution in [0.3, 0.4) is 0 Å². The summed E-state index contributed by atoms with van der Waals surface area (Å²) < 4.78 is 30.9. The Labute approximate surface area is 240 Å². The van der Waals surface area contributed by atoms with E-state index in [1.165, 1.54) is 35.6 Å². The van der Waals surface area contributed by atoms with Crippen molar-refractivity contribution in [2.75, 3.05) is 16.9 Å². The molecule has 2 amide bonds. The number of benzene rings is 1. The van der Waals surface area contributed by atoms with Crippen LogP contribution in [0.15, 0.2) is 65.0 Å². The van der Waals surface area contributed by atoms with E-state index in [9.17, 15) is 18.0 Å². The number of halogens is 2. The molecule has 2 aromatic heterocycles. The van der Waals surface area contributed by atoms with Gasteiger partial charge in [-0.05, 0) is 67.6 Å². The van der Waals surface area contributed by atoms with Crippen LogP contribution in [0.25, 0.3) is 0 Å². The molecule has 14 heteroatoms. The summed E-state index contributed by atoms with van der Waals surface area (Å²) in [5, 5.41) is 11.7. The van der Waals surface area contributed by atoms with E-state index in [-0.39, 0.29) is 45.2 Å². The molecule has 1 fully saturated rings. The molecule has 0 radical (unpaired) electrons. The highest BCUT2D eigenvalue weighted by Gasteiger charge is 2.39. The summed E-state index contributed by atoms with van der Waals surface area (Å²) in [6, 6.07) is 7.95. The zero-order valence-electron chi connectivity index (χ0n) is 21.2. The first-order chi connectivity index (χ1) is 19.1. The number of aromatic nitrogens is 2. The zero-order valence-corrected chi connectivity index (χ0v) is 23.5. The molecule has 40 heavy (non-hydrogen) atoms. The van der Waals surface area contributed by atoms with Crippen LogP contribution in [0, 0.1) is 12.8 Å². The fraction of sp³-hybridized carbons (Fsp3) is 0.269. The quantitative estimate of drug-likeness (QED) is 0.366. The zero-order chi connectivity index (χ0) is 28.4. The second-order valence-electron chi connectivity index (χ2n) is 9.38. The first kappa shape index (κ1) is 27.8. The molecule has 1 atom stereocenters. The molecule has 1 aromatic carbocycles. The van der Waals surface area contributed by atoms with Crippen LogP contribution in [0.4, 0.5) is 11.5 Å². The molecule has 1 aliphatic heterocycles. The number of hydrogen-bond acceptors (Lipinski definition) is 9. The van der Waals surface area contributed by atoms with E-state index >= 15 is 0 Å². The third kappa shape index (κ3) is 6.19. The van der Waals surface area contributed by atoms with Gasteiger partial charge in [-0.1, -0.05) is 23.2 Å². The van der Waals surface area contributed by atoms with Crippen LogP contribution < -0.4 is 15.6 Å². The summed E-state index contributed by atoms with van der Waals surface area (Å²) in [4.78, 5) is 34.6. The standard InChI is InChI=1S/C26H24Cl2N6O5S/c1-15-10-17(27)11-19(25(35)31-13-16-6-7-16)23(15)32-26(36)21-12-22(33-34(21)24-20(28)5-3-9-30-24)39-40(37,38)18-4-2-8-29-14-18/h2-5,8-11,14,16,21H,6-7,12-13H2,1H3,(H,31,35)(H,32,36). The smallest absolute Gasteiger partial charge is 0.341 e. The number of amides is 2. The van der Waals surface area contributed by atoms with E-state index in [0.29, 0.717) is 23.0 Å². The molecule has 3 heterocycles. The Hall–Kier alpha value is -3.74. The number of aryl methyl sites for hydroxylation is 1. The summed E-state index contributed by atoms with van der Waals surface area (Å²) in [5.74, 6) is -0.634. The minimum Gasteiger partial charge on any atom is -0.361 e. The highest BCUT2D eigenvalue weighted by atomic mass is 35.5. The third-order valence-corrected chi connectivity index (χ3v) is 8.06. The van der Waals surface area contributed by atoms with E-state index in [4.69, 9.17) is 27.4 Å². The van der Waals surface area contributed by atoms with Gasteiger partial charge in [-0.15, -0.1) is 5.10 Å². The van der Waals surface area contributed by atoms with Crippen molar-refractivity contribution in [3.8, 4) is 0 Å². The van der Waals surface area contributed by atoms with E-state index in [1.807, 2.05) is 0 Å². The fourth-order valence-electron chi connectivity index (χ4n) is 4.10. The van der Waals surface area contributed by atoms with Crippen LogP contribution in [-0.4, -0.2) is 48.7 Å².